The first-order valence-corrected chi connectivity index (χ1v) is 9.53. The Balaban J connectivity index is 1.65. The summed E-state index contributed by atoms with van der Waals surface area (Å²) in [6.45, 7) is 2.06. The summed E-state index contributed by atoms with van der Waals surface area (Å²) in [6, 6.07) is 9.73. The van der Waals surface area contributed by atoms with Gasteiger partial charge in [-0.1, -0.05) is 37.3 Å². The molecule has 4 N–H and O–H groups in total. The number of nitrogens with two attached hydrogens (primary N) is 1. The van der Waals surface area contributed by atoms with E-state index in [2.05, 4.69) is 15.0 Å². The Morgan fingerprint density at radius 1 is 1.31 bits per heavy atom. The van der Waals surface area contributed by atoms with Crippen molar-refractivity contribution in [3.05, 3.63) is 47.5 Å². The molecule has 1 saturated heterocycles. The van der Waals surface area contributed by atoms with Gasteiger partial charge in [0.15, 0.2) is 11.5 Å². The molecule has 3 aromatic rings. The molecule has 0 spiro atoms. The van der Waals surface area contributed by atoms with Gasteiger partial charge < -0.3 is 25.4 Å². The van der Waals surface area contributed by atoms with E-state index in [9.17, 15) is 10.2 Å². The molecule has 4 atom stereocenters. The maximum atomic E-state index is 10.9. The van der Waals surface area contributed by atoms with Gasteiger partial charge in [-0.3, -0.25) is 4.57 Å². The molecule has 1 aliphatic rings. The van der Waals surface area contributed by atoms with E-state index in [-0.39, 0.29) is 24.3 Å². The van der Waals surface area contributed by atoms with Crippen molar-refractivity contribution in [2.45, 2.75) is 32.0 Å². The predicted octanol–water partition coefficient (Wildman–Crippen LogP) is 1.54. The highest BCUT2D eigenvalue weighted by molar-refractivity contribution is 6.28. The van der Waals surface area contributed by atoms with Crippen molar-refractivity contribution in [1.29, 1.82) is 0 Å². The van der Waals surface area contributed by atoms with Crippen LogP contribution in [0.25, 0.3) is 11.2 Å². The molecule has 0 aliphatic carbocycles. The average Bonchev–Trinajstić information content (AvgIpc) is 3.22. The zero-order valence-corrected chi connectivity index (χ0v) is 16.5. The molecule has 1 fully saturated rings. The largest absolute Gasteiger partial charge is 0.394 e. The number of ether oxygens (including phenoxy) is 2. The van der Waals surface area contributed by atoms with Gasteiger partial charge in [-0.2, -0.15) is 9.97 Å². The van der Waals surface area contributed by atoms with Crippen LogP contribution in [0.1, 0.15) is 18.7 Å². The number of halogens is 1. The fourth-order valence-corrected chi connectivity index (χ4v) is 3.87. The summed E-state index contributed by atoms with van der Waals surface area (Å²) in [5.74, 6) is 0.151. The predicted molar refractivity (Wildman–Crippen MR) is 106 cm³/mol. The van der Waals surface area contributed by atoms with Crippen LogP contribution in [0.5, 0.6) is 0 Å². The van der Waals surface area contributed by atoms with Crippen LogP contribution in [0, 0.1) is 5.41 Å². The first kappa shape index (κ1) is 20.0. The lowest BCUT2D eigenvalue weighted by Crippen LogP contribution is -2.41. The molecule has 1 aromatic carbocycles. The monoisotopic (exact) mass is 419 g/mol. The molecule has 10 heteroatoms. The topological polar surface area (TPSA) is 129 Å². The van der Waals surface area contributed by atoms with Gasteiger partial charge in [0.25, 0.3) is 0 Å². The van der Waals surface area contributed by atoms with Crippen LogP contribution in [0.15, 0.2) is 36.7 Å². The smallest absolute Gasteiger partial charge is 0.226 e. The molecule has 0 radical (unpaired) electrons. The Morgan fingerprint density at radius 3 is 2.79 bits per heavy atom. The van der Waals surface area contributed by atoms with Gasteiger partial charge in [0.1, 0.15) is 17.8 Å². The maximum Gasteiger partial charge on any atom is 0.226 e. The minimum atomic E-state index is -0.972. The molecular formula is C19H22ClN5O4. The zero-order chi connectivity index (χ0) is 20.6. The highest BCUT2D eigenvalue weighted by Crippen LogP contribution is 2.46. The van der Waals surface area contributed by atoms with Crippen molar-refractivity contribution in [2.75, 3.05) is 18.9 Å². The SMILES string of the molecule is C[C@@]1(COCc2ccccc2)[C@H](O)[C@@H](CO)O[C@H]1n1cnc2c(N)nc(Cl)nc21. The quantitative estimate of drug-likeness (QED) is 0.513. The van der Waals surface area contributed by atoms with Crippen LogP contribution < -0.4 is 5.73 Å². The molecule has 2 aromatic heterocycles. The summed E-state index contributed by atoms with van der Waals surface area (Å²) in [5.41, 5.74) is 6.79. The van der Waals surface area contributed by atoms with Crippen LogP contribution in [-0.2, 0) is 16.1 Å². The van der Waals surface area contributed by atoms with Crippen molar-refractivity contribution in [2.24, 2.45) is 5.41 Å². The third kappa shape index (κ3) is 3.56. The second-order valence-corrected chi connectivity index (χ2v) is 7.68. The number of anilines is 1. The van der Waals surface area contributed by atoms with Crippen molar-refractivity contribution >= 4 is 28.6 Å². The molecule has 29 heavy (non-hydrogen) atoms. The van der Waals surface area contributed by atoms with E-state index < -0.39 is 23.9 Å². The summed E-state index contributed by atoms with van der Waals surface area (Å²) in [5, 5.41) is 20.5. The second-order valence-electron chi connectivity index (χ2n) is 7.34. The fraction of sp³-hybridized carbons (Fsp3) is 0.421. The number of hydrogen-bond acceptors (Lipinski definition) is 8. The van der Waals surface area contributed by atoms with Crippen LogP contribution in [0.2, 0.25) is 5.28 Å². The number of hydrogen-bond donors (Lipinski definition) is 3. The second kappa shape index (κ2) is 7.85. The van der Waals surface area contributed by atoms with Gasteiger partial charge in [0, 0.05) is 0 Å². The number of aliphatic hydroxyl groups is 2. The van der Waals surface area contributed by atoms with E-state index in [1.165, 1.54) is 6.33 Å². The third-order valence-corrected chi connectivity index (χ3v) is 5.44. The summed E-state index contributed by atoms with van der Waals surface area (Å²) in [7, 11) is 0. The van der Waals surface area contributed by atoms with E-state index >= 15 is 0 Å². The standard InChI is InChI=1S/C19H22ClN5O4/c1-19(9-28-8-11-5-3-2-4-6-11)14(27)12(7-26)29-17(19)25-10-22-13-15(21)23-18(20)24-16(13)25/h2-6,10,12,14,17,26-27H,7-9H2,1H3,(H2,21,23,24)/t12-,14-,17-,19-/m1/s1. The average molecular weight is 420 g/mol. The number of aliphatic hydroxyl groups excluding tert-OH is 2. The summed E-state index contributed by atoms with van der Waals surface area (Å²) < 4.78 is 13.5. The van der Waals surface area contributed by atoms with Crippen molar-refractivity contribution in [3.8, 4) is 0 Å². The minimum absolute atomic E-state index is 0.0176. The van der Waals surface area contributed by atoms with Crippen molar-refractivity contribution in [3.63, 3.8) is 0 Å². The summed E-state index contributed by atoms with van der Waals surface area (Å²) >= 11 is 5.97. The van der Waals surface area contributed by atoms with Crippen molar-refractivity contribution in [1.82, 2.24) is 19.5 Å². The van der Waals surface area contributed by atoms with Gasteiger partial charge >= 0.3 is 0 Å². The van der Waals surface area contributed by atoms with Gasteiger partial charge in [0.05, 0.1) is 37.7 Å². The number of benzene rings is 1. The van der Waals surface area contributed by atoms with Gasteiger partial charge in [0.2, 0.25) is 5.28 Å². The molecule has 0 amide bonds. The molecule has 1 aliphatic heterocycles. The van der Waals surface area contributed by atoms with Crippen LogP contribution in [0.4, 0.5) is 5.82 Å². The molecular weight excluding hydrogens is 398 g/mol. The van der Waals surface area contributed by atoms with Gasteiger partial charge in [-0.15, -0.1) is 0 Å². The van der Waals surface area contributed by atoms with E-state index in [0.717, 1.165) is 5.56 Å². The van der Waals surface area contributed by atoms with Crippen LogP contribution in [0.3, 0.4) is 0 Å². The first-order valence-electron chi connectivity index (χ1n) is 9.15. The fourth-order valence-electron chi connectivity index (χ4n) is 3.69. The van der Waals surface area contributed by atoms with E-state index in [1.807, 2.05) is 37.3 Å². The highest BCUT2D eigenvalue weighted by Gasteiger charge is 2.54. The Hall–Kier alpha value is -2.30. The minimum Gasteiger partial charge on any atom is -0.394 e. The number of imidazole rings is 1. The Bertz CT molecular complexity index is 1000. The molecule has 3 heterocycles. The van der Waals surface area contributed by atoms with Gasteiger partial charge in [-0.25, -0.2) is 4.98 Å². The van der Waals surface area contributed by atoms with Gasteiger partial charge in [-0.05, 0) is 17.2 Å². The number of rotatable bonds is 6. The molecule has 9 nitrogen and oxygen atoms in total. The molecule has 154 valence electrons. The molecule has 0 saturated carbocycles. The van der Waals surface area contributed by atoms with Crippen molar-refractivity contribution < 1.29 is 19.7 Å². The summed E-state index contributed by atoms with van der Waals surface area (Å²) in [6.07, 6.45) is -0.947. The summed E-state index contributed by atoms with van der Waals surface area (Å²) in [4.78, 5) is 12.4. The first-order chi connectivity index (χ1) is 13.9. The van der Waals surface area contributed by atoms with E-state index in [4.69, 9.17) is 26.8 Å². The van der Waals surface area contributed by atoms with E-state index in [0.29, 0.717) is 17.8 Å². The third-order valence-electron chi connectivity index (χ3n) is 5.27. The Morgan fingerprint density at radius 2 is 2.07 bits per heavy atom. The highest BCUT2D eigenvalue weighted by atomic mass is 35.5. The number of fused-ring (bicyclic) bond motifs is 1. The lowest BCUT2D eigenvalue weighted by Gasteiger charge is -2.33. The molecule has 0 unspecified atom stereocenters. The molecule has 0 bridgehead atoms. The zero-order valence-electron chi connectivity index (χ0n) is 15.8. The Labute approximate surface area is 172 Å². The Kier molecular flexibility index (Phi) is 5.41. The lowest BCUT2D eigenvalue weighted by molar-refractivity contribution is -0.0741. The van der Waals surface area contributed by atoms with E-state index in [1.54, 1.807) is 4.57 Å². The lowest BCUT2D eigenvalue weighted by atomic mass is 9.83. The van der Waals surface area contributed by atoms with Crippen LogP contribution >= 0.6 is 11.6 Å². The van der Waals surface area contributed by atoms with Crippen LogP contribution in [-0.4, -0.2) is 55.2 Å². The normalized spacial score (nSPS) is 27.0. The number of nitrogen functional groups attached to an aromatic ring is 1. The maximum absolute atomic E-state index is 10.9. The number of nitrogens with zero attached hydrogens (tertiary/aromatic N) is 4. The molecule has 4 rings (SSSR count). The number of aromatic nitrogens is 4.